The van der Waals surface area contributed by atoms with E-state index in [9.17, 15) is 9.59 Å². The van der Waals surface area contributed by atoms with Gasteiger partial charge in [-0.05, 0) is 27.7 Å². The summed E-state index contributed by atoms with van der Waals surface area (Å²) in [7, 11) is 0. The molecule has 0 aliphatic heterocycles. The Morgan fingerprint density at radius 1 is 1.00 bits per heavy atom. The van der Waals surface area contributed by atoms with Crippen molar-refractivity contribution in [2.45, 2.75) is 60.5 Å². The molecule has 0 unspecified atom stereocenters. The first-order valence-corrected chi connectivity index (χ1v) is 7.36. The Hall–Kier alpha value is -1.10. The van der Waals surface area contributed by atoms with Crippen LogP contribution in [0.4, 0.5) is 0 Å². The molecule has 2 N–H and O–H groups in total. The standard InChI is InChI=1S/C15H31N3O2/c1-11(2)18(12(3)4)9-8-16-13(19)10-17-14(20)15(5,6)7/h11-12H,8-10H2,1-7H3,(H,16,19)(H,17,20). The van der Waals surface area contributed by atoms with E-state index in [0.29, 0.717) is 18.6 Å². The van der Waals surface area contributed by atoms with Crippen molar-refractivity contribution in [2.75, 3.05) is 19.6 Å². The van der Waals surface area contributed by atoms with Crippen molar-refractivity contribution in [3.05, 3.63) is 0 Å². The van der Waals surface area contributed by atoms with Crippen molar-refractivity contribution in [3.63, 3.8) is 0 Å². The monoisotopic (exact) mass is 285 g/mol. The maximum atomic E-state index is 11.7. The lowest BCUT2D eigenvalue weighted by Gasteiger charge is -2.30. The van der Waals surface area contributed by atoms with Crippen molar-refractivity contribution in [1.82, 2.24) is 15.5 Å². The fourth-order valence-corrected chi connectivity index (χ4v) is 1.93. The zero-order valence-corrected chi connectivity index (χ0v) is 14.0. The van der Waals surface area contributed by atoms with Gasteiger partial charge in [-0.2, -0.15) is 0 Å². The van der Waals surface area contributed by atoms with E-state index in [1.165, 1.54) is 0 Å². The van der Waals surface area contributed by atoms with Gasteiger partial charge in [-0.3, -0.25) is 14.5 Å². The average Bonchev–Trinajstić information content (AvgIpc) is 2.29. The molecule has 0 fully saturated rings. The van der Waals surface area contributed by atoms with Crippen LogP contribution in [0.5, 0.6) is 0 Å². The summed E-state index contributed by atoms with van der Waals surface area (Å²) < 4.78 is 0. The van der Waals surface area contributed by atoms with Crippen molar-refractivity contribution < 1.29 is 9.59 Å². The number of nitrogens with one attached hydrogen (secondary N) is 2. The highest BCUT2D eigenvalue weighted by Gasteiger charge is 2.21. The Morgan fingerprint density at radius 3 is 1.90 bits per heavy atom. The van der Waals surface area contributed by atoms with Crippen LogP contribution in [0.2, 0.25) is 0 Å². The van der Waals surface area contributed by atoms with Crippen molar-refractivity contribution in [3.8, 4) is 0 Å². The highest BCUT2D eigenvalue weighted by molar-refractivity contribution is 5.87. The summed E-state index contributed by atoms with van der Waals surface area (Å²) in [5.41, 5.74) is -0.466. The third-order valence-electron chi connectivity index (χ3n) is 3.11. The van der Waals surface area contributed by atoms with Crippen LogP contribution in [0.1, 0.15) is 48.5 Å². The summed E-state index contributed by atoms with van der Waals surface area (Å²) in [5.74, 6) is -0.256. The van der Waals surface area contributed by atoms with Crippen LogP contribution in [-0.4, -0.2) is 48.4 Å². The van der Waals surface area contributed by atoms with E-state index >= 15 is 0 Å². The normalized spacial score (nSPS) is 12.1. The number of carbonyl (C=O) groups excluding carboxylic acids is 2. The molecule has 20 heavy (non-hydrogen) atoms. The highest BCUT2D eigenvalue weighted by atomic mass is 16.2. The van der Waals surface area contributed by atoms with E-state index < -0.39 is 5.41 Å². The van der Waals surface area contributed by atoms with Crippen LogP contribution in [-0.2, 0) is 9.59 Å². The molecule has 5 heteroatoms. The molecule has 0 saturated heterocycles. The van der Waals surface area contributed by atoms with E-state index in [1.807, 2.05) is 20.8 Å². The number of carbonyl (C=O) groups is 2. The summed E-state index contributed by atoms with van der Waals surface area (Å²) in [6.45, 7) is 15.5. The third-order valence-corrected chi connectivity index (χ3v) is 3.11. The van der Waals surface area contributed by atoms with Crippen molar-refractivity contribution in [2.24, 2.45) is 5.41 Å². The number of hydrogen-bond donors (Lipinski definition) is 2. The lowest BCUT2D eigenvalue weighted by molar-refractivity contribution is -0.131. The second-order valence-corrected chi connectivity index (χ2v) is 6.71. The molecule has 0 saturated carbocycles. The van der Waals surface area contributed by atoms with Crippen LogP contribution >= 0.6 is 0 Å². The zero-order chi connectivity index (χ0) is 15.9. The topological polar surface area (TPSA) is 61.4 Å². The second kappa shape index (κ2) is 8.25. The Kier molecular flexibility index (Phi) is 7.79. The molecule has 0 aliphatic carbocycles. The molecule has 0 bridgehead atoms. The number of hydrogen-bond acceptors (Lipinski definition) is 3. The molecule has 0 aromatic heterocycles. The Balaban J connectivity index is 3.98. The molecule has 2 amide bonds. The van der Waals surface area contributed by atoms with Gasteiger partial charge in [0, 0.05) is 30.6 Å². The molecule has 0 rings (SSSR count). The predicted molar refractivity (Wildman–Crippen MR) is 82.5 cm³/mol. The minimum Gasteiger partial charge on any atom is -0.353 e. The van der Waals surface area contributed by atoms with Crippen LogP contribution in [0, 0.1) is 5.41 Å². The first kappa shape index (κ1) is 18.9. The summed E-state index contributed by atoms with van der Waals surface area (Å²) in [6.07, 6.45) is 0. The van der Waals surface area contributed by atoms with E-state index in [4.69, 9.17) is 0 Å². The minimum absolute atomic E-state index is 0.0411. The van der Waals surface area contributed by atoms with Crippen molar-refractivity contribution >= 4 is 11.8 Å². The van der Waals surface area contributed by atoms with Crippen LogP contribution < -0.4 is 10.6 Å². The van der Waals surface area contributed by atoms with Gasteiger partial charge in [0.05, 0.1) is 6.54 Å². The molecule has 0 aromatic rings. The van der Waals surface area contributed by atoms with Gasteiger partial charge in [-0.25, -0.2) is 0 Å². The fraction of sp³-hybridized carbons (Fsp3) is 0.867. The van der Waals surface area contributed by atoms with Gasteiger partial charge in [-0.15, -0.1) is 0 Å². The fourth-order valence-electron chi connectivity index (χ4n) is 1.93. The van der Waals surface area contributed by atoms with Gasteiger partial charge in [-0.1, -0.05) is 20.8 Å². The number of nitrogens with zero attached hydrogens (tertiary/aromatic N) is 1. The summed E-state index contributed by atoms with van der Waals surface area (Å²) in [6, 6.07) is 0.903. The molecule has 0 spiro atoms. The van der Waals surface area contributed by atoms with E-state index in [1.54, 1.807) is 0 Å². The maximum absolute atomic E-state index is 11.7. The summed E-state index contributed by atoms with van der Waals surface area (Å²) in [4.78, 5) is 25.6. The predicted octanol–water partition coefficient (Wildman–Crippen LogP) is 1.38. The third kappa shape index (κ3) is 7.48. The lowest BCUT2D eigenvalue weighted by atomic mass is 9.96. The number of rotatable bonds is 7. The van der Waals surface area contributed by atoms with Crippen LogP contribution in [0.15, 0.2) is 0 Å². The van der Waals surface area contributed by atoms with E-state index in [0.717, 1.165) is 6.54 Å². The van der Waals surface area contributed by atoms with Gasteiger partial charge in [0.1, 0.15) is 0 Å². The average molecular weight is 285 g/mol. The van der Waals surface area contributed by atoms with Gasteiger partial charge >= 0.3 is 0 Å². The molecule has 0 aliphatic rings. The zero-order valence-electron chi connectivity index (χ0n) is 14.0. The molecule has 0 heterocycles. The first-order chi connectivity index (χ1) is 9.05. The van der Waals surface area contributed by atoms with Gasteiger partial charge in [0.2, 0.25) is 11.8 Å². The van der Waals surface area contributed by atoms with Gasteiger partial charge in [0.15, 0.2) is 0 Å². The molecule has 0 atom stereocenters. The smallest absolute Gasteiger partial charge is 0.239 e. The van der Waals surface area contributed by atoms with Crippen LogP contribution in [0.25, 0.3) is 0 Å². The summed E-state index contributed by atoms with van der Waals surface area (Å²) >= 11 is 0. The molecular formula is C15H31N3O2. The SMILES string of the molecule is CC(C)N(CCNC(=O)CNC(=O)C(C)(C)C)C(C)C. The van der Waals surface area contributed by atoms with Crippen LogP contribution in [0.3, 0.4) is 0 Å². The maximum Gasteiger partial charge on any atom is 0.239 e. The Morgan fingerprint density at radius 2 is 1.50 bits per heavy atom. The molecule has 0 radical (unpaired) electrons. The summed E-state index contributed by atoms with van der Waals surface area (Å²) in [5, 5.41) is 5.48. The quantitative estimate of drug-likeness (QED) is 0.743. The molecule has 0 aromatic carbocycles. The molecule has 5 nitrogen and oxygen atoms in total. The van der Waals surface area contributed by atoms with E-state index in [2.05, 4.69) is 43.2 Å². The first-order valence-electron chi connectivity index (χ1n) is 7.36. The number of amides is 2. The highest BCUT2D eigenvalue weighted by Crippen LogP contribution is 2.11. The van der Waals surface area contributed by atoms with Gasteiger partial charge < -0.3 is 10.6 Å². The Bertz CT molecular complexity index is 312. The second-order valence-electron chi connectivity index (χ2n) is 6.71. The molecule has 118 valence electrons. The lowest BCUT2D eigenvalue weighted by Crippen LogP contribution is -2.45. The molecular weight excluding hydrogens is 254 g/mol. The minimum atomic E-state index is -0.466. The largest absolute Gasteiger partial charge is 0.353 e. The van der Waals surface area contributed by atoms with Gasteiger partial charge in [0.25, 0.3) is 0 Å². The van der Waals surface area contributed by atoms with Crippen molar-refractivity contribution in [1.29, 1.82) is 0 Å². The Labute approximate surface area is 123 Å². The van der Waals surface area contributed by atoms with E-state index in [-0.39, 0.29) is 18.4 Å².